The first-order valence-corrected chi connectivity index (χ1v) is 6.72. The van der Waals surface area contributed by atoms with Crippen LogP contribution in [0.15, 0.2) is 24.3 Å². The average molecular weight is 362 g/mol. The normalized spacial score (nSPS) is 15.0. The molecule has 0 radical (unpaired) electrons. The molecule has 0 unspecified atom stereocenters. The highest BCUT2D eigenvalue weighted by Crippen LogP contribution is 2.26. The summed E-state index contributed by atoms with van der Waals surface area (Å²) in [6.45, 7) is 0. The maximum absolute atomic E-state index is 12.2. The molecule has 2 atom stereocenters. The van der Waals surface area contributed by atoms with Gasteiger partial charge in [-0.3, -0.25) is 4.79 Å². The number of hydrogen-bond acceptors (Lipinski definition) is 11. The fourth-order valence-electron chi connectivity index (χ4n) is 1.92. The molecule has 0 amide bonds. The zero-order chi connectivity index (χ0) is 19.6. The van der Waals surface area contributed by atoms with Crippen molar-refractivity contribution < 1.29 is 55.2 Å². The molecule has 0 aliphatic heterocycles. The molecule has 1 rings (SSSR count). The van der Waals surface area contributed by atoms with E-state index in [1.54, 1.807) is 0 Å². The van der Waals surface area contributed by atoms with Crippen LogP contribution in [0.2, 0.25) is 0 Å². The number of Topliss-reactive ketones (excluding diaryl/α,β-unsaturated/α-hetero) is 1. The second-order valence-electron chi connectivity index (χ2n) is 5.17. The lowest BCUT2D eigenvalue weighted by Crippen LogP contribution is -2.66. The lowest BCUT2D eigenvalue weighted by atomic mass is 9.90. The summed E-state index contributed by atoms with van der Waals surface area (Å²) in [5.74, 6) is -10.3. The molecule has 11 nitrogen and oxygen atoms in total. The van der Waals surface area contributed by atoms with Crippen molar-refractivity contribution in [1.29, 1.82) is 0 Å². The van der Waals surface area contributed by atoms with Gasteiger partial charge < -0.3 is 45.6 Å². The van der Waals surface area contributed by atoms with Crippen molar-refractivity contribution in [3.05, 3.63) is 35.4 Å². The smallest absolute Gasteiger partial charge is 0.337 e. The van der Waals surface area contributed by atoms with Gasteiger partial charge in [0, 0.05) is 5.56 Å². The number of hydrogen-bond donors (Lipinski definition) is 8. The molecule has 1 aromatic carbocycles. The monoisotopic (exact) mass is 362 g/mol. The third-order valence-electron chi connectivity index (χ3n) is 3.38. The standard InChI is InChI=1S/C14H18O11/c1-25-11(19)7-4-2-3-6(5-7)8(15)13(21,22)12(20)14(23,24)9(16)10(17)18/h2-5,9-10,12,16-18,20-24H,1H3/t9-,12-/m1/s1. The fraction of sp³-hybridized carbons (Fsp3) is 0.429. The summed E-state index contributed by atoms with van der Waals surface area (Å²) < 4.78 is 4.42. The van der Waals surface area contributed by atoms with Crippen molar-refractivity contribution in [2.24, 2.45) is 0 Å². The first kappa shape index (κ1) is 21.1. The van der Waals surface area contributed by atoms with Crippen LogP contribution in [0, 0.1) is 0 Å². The van der Waals surface area contributed by atoms with Crippen LogP contribution in [0.25, 0.3) is 0 Å². The molecule has 25 heavy (non-hydrogen) atoms. The second-order valence-corrected chi connectivity index (χ2v) is 5.17. The topological polar surface area (TPSA) is 205 Å². The van der Waals surface area contributed by atoms with Crippen LogP contribution in [0.3, 0.4) is 0 Å². The van der Waals surface area contributed by atoms with Crippen LogP contribution in [0.4, 0.5) is 0 Å². The Morgan fingerprint density at radius 3 is 2.00 bits per heavy atom. The molecule has 140 valence electrons. The molecule has 0 fully saturated rings. The van der Waals surface area contributed by atoms with Gasteiger partial charge in [-0.25, -0.2) is 4.79 Å². The molecule has 0 aromatic heterocycles. The van der Waals surface area contributed by atoms with Crippen molar-refractivity contribution in [3.8, 4) is 0 Å². The minimum absolute atomic E-state index is 0.149. The minimum atomic E-state index is -3.88. The van der Waals surface area contributed by atoms with Crippen molar-refractivity contribution in [3.63, 3.8) is 0 Å². The molecule has 0 aliphatic carbocycles. The Morgan fingerprint density at radius 1 is 1.00 bits per heavy atom. The lowest BCUT2D eigenvalue weighted by molar-refractivity contribution is -0.353. The van der Waals surface area contributed by atoms with E-state index in [-0.39, 0.29) is 5.56 Å². The summed E-state index contributed by atoms with van der Waals surface area (Å²) in [7, 11) is 1.07. The zero-order valence-electron chi connectivity index (χ0n) is 12.8. The van der Waals surface area contributed by atoms with E-state index in [0.29, 0.717) is 0 Å². The van der Waals surface area contributed by atoms with Crippen LogP contribution < -0.4 is 0 Å². The number of ether oxygens (including phenoxy) is 1. The Balaban J connectivity index is 3.20. The molecule has 0 spiro atoms. The van der Waals surface area contributed by atoms with E-state index in [2.05, 4.69) is 4.74 Å². The number of methoxy groups -OCH3 is 1. The number of carbonyl (C=O) groups excluding carboxylic acids is 2. The summed E-state index contributed by atoms with van der Waals surface area (Å²) in [5.41, 5.74) is -0.675. The van der Waals surface area contributed by atoms with Crippen molar-refractivity contribution >= 4 is 11.8 Å². The van der Waals surface area contributed by atoms with Crippen LogP contribution in [-0.2, 0) is 4.74 Å². The van der Waals surface area contributed by atoms with Crippen LogP contribution >= 0.6 is 0 Å². The van der Waals surface area contributed by atoms with E-state index in [0.717, 1.165) is 19.2 Å². The number of aliphatic hydroxyl groups is 8. The van der Waals surface area contributed by atoms with Gasteiger partial charge >= 0.3 is 5.97 Å². The van der Waals surface area contributed by atoms with Gasteiger partial charge in [0.1, 0.15) is 0 Å². The molecule has 8 N–H and O–H groups in total. The summed E-state index contributed by atoms with van der Waals surface area (Å²) in [4.78, 5) is 23.6. The number of carbonyl (C=O) groups is 2. The van der Waals surface area contributed by atoms with Gasteiger partial charge in [0.25, 0.3) is 5.79 Å². The summed E-state index contributed by atoms with van der Waals surface area (Å²) in [6, 6.07) is 4.33. The number of aliphatic hydroxyl groups excluding tert-OH is 3. The quantitative estimate of drug-likeness (QED) is 0.133. The maximum atomic E-state index is 12.2. The van der Waals surface area contributed by atoms with Crippen LogP contribution in [-0.4, -0.2) is 89.8 Å². The summed E-state index contributed by atoms with van der Waals surface area (Å²) in [5, 5.41) is 75.0. The third kappa shape index (κ3) is 4.18. The molecule has 0 saturated carbocycles. The Bertz CT molecular complexity index is 637. The van der Waals surface area contributed by atoms with Crippen molar-refractivity contribution in [1.82, 2.24) is 0 Å². The van der Waals surface area contributed by atoms with Gasteiger partial charge in [0.15, 0.2) is 18.5 Å². The molecule has 0 aliphatic rings. The summed E-state index contributed by atoms with van der Waals surface area (Å²) >= 11 is 0. The Morgan fingerprint density at radius 2 is 1.52 bits per heavy atom. The predicted octanol–water partition coefficient (Wildman–Crippen LogP) is -3.95. The number of ketones is 1. The SMILES string of the molecule is COC(=O)c1cccc(C(=O)C(O)(O)[C@@H](O)C(O)(O)[C@H](O)C(O)O)c1. The van der Waals surface area contributed by atoms with Gasteiger partial charge in [-0.2, -0.15) is 0 Å². The highest BCUT2D eigenvalue weighted by Gasteiger charge is 2.57. The second kappa shape index (κ2) is 7.51. The van der Waals surface area contributed by atoms with E-state index in [1.165, 1.54) is 12.1 Å². The van der Waals surface area contributed by atoms with E-state index < -0.39 is 47.4 Å². The Kier molecular flexibility index (Phi) is 6.33. The zero-order valence-corrected chi connectivity index (χ0v) is 12.8. The number of rotatable bonds is 7. The van der Waals surface area contributed by atoms with Gasteiger partial charge in [-0.05, 0) is 12.1 Å². The van der Waals surface area contributed by atoms with E-state index in [1.807, 2.05) is 0 Å². The number of benzene rings is 1. The molecular formula is C14H18O11. The molecule has 11 heteroatoms. The first-order valence-electron chi connectivity index (χ1n) is 6.72. The largest absolute Gasteiger partial charge is 0.465 e. The van der Waals surface area contributed by atoms with Crippen molar-refractivity contribution in [2.75, 3.05) is 7.11 Å². The minimum Gasteiger partial charge on any atom is -0.465 e. The lowest BCUT2D eigenvalue weighted by Gasteiger charge is -2.37. The molecule has 0 saturated heterocycles. The molecule has 0 bridgehead atoms. The fourth-order valence-corrected chi connectivity index (χ4v) is 1.92. The average Bonchev–Trinajstić information content (AvgIpc) is 2.58. The number of esters is 1. The highest BCUT2D eigenvalue weighted by molar-refractivity contribution is 6.03. The third-order valence-corrected chi connectivity index (χ3v) is 3.38. The maximum Gasteiger partial charge on any atom is 0.337 e. The highest BCUT2D eigenvalue weighted by atomic mass is 16.6. The van der Waals surface area contributed by atoms with Gasteiger partial charge in [0.2, 0.25) is 11.6 Å². The first-order chi connectivity index (χ1) is 11.4. The molecule has 0 heterocycles. The van der Waals surface area contributed by atoms with Crippen LogP contribution in [0.5, 0.6) is 0 Å². The molecule has 1 aromatic rings. The Labute approximate surface area is 140 Å². The van der Waals surface area contributed by atoms with Gasteiger partial charge in [-0.15, -0.1) is 0 Å². The Hall–Kier alpha value is -1.96. The van der Waals surface area contributed by atoms with Gasteiger partial charge in [0.05, 0.1) is 12.7 Å². The van der Waals surface area contributed by atoms with Crippen LogP contribution in [0.1, 0.15) is 20.7 Å². The van der Waals surface area contributed by atoms with E-state index in [4.69, 9.17) is 10.2 Å². The van der Waals surface area contributed by atoms with E-state index >= 15 is 0 Å². The van der Waals surface area contributed by atoms with Gasteiger partial charge in [-0.1, -0.05) is 12.1 Å². The van der Waals surface area contributed by atoms with E-state index in [9.17, 15) is 40.2 Å². The summed E-state index contributed by atoms with van der Waals surface area (Å²) in [6.07, 6.45) is -8.82. The molecular weight excluding hydrogens is 344 g/mol. The van der Waals surface area contributed by atoms with Crippen molar-refractivity contribution in [2.45, 2.75) is 30.1 Å². The predicted molar refractivity (Wildman–Crippen MR) is 76.7 cm³/mol.